The first kappa shape index (κ1) is 9.45. The minimum absolute atomic E-state index is 0.246. The zero-order valence-corrected chi connectivity index (χ0v) is 7.85. The first-order valence-corrected chi connectivity index (χ1v) is 4.20. The third-order valence-electron chi connectivity index (χ3n) is 1.78. The zero-order chi connectivity index (χ0) is 10.8. The number of benzene rings is 1. The average molecular weight is 206 g/mol. The van der Waals surface area contributed by atoms with E-state index in [2.05, 4.69) is 20.4 Å². The Kier molecular flexibility index (Phi) is 2.24. The number of halogens is 1. The van der Waals surface area contributed by atoms with E-state index in [9.17, 15) is 4.39 Å². The van der Waals surface area contributed by atoms with E-state index < -0.39 is 11.6 Å². The summed E-state index contributed by atoms with van der Waals surface area (Å²) in [7, 11) is 0. The van der Waals surface area contributed by atoms with Crippen LogP contribution in [0.25, 0.3) is 11.4 Å². The molecule has 76 valence electrons. The molecule has 0 atom stereocenters. The molecular formula is C9H7FN4O. The van der Waals surface area contributed by atoms with Crippen molar-refractivity contribution in [1.82, 2.24) is 20.4 Å². The Morgan fingerprint density at radius 1 is 1.13 bits per heavy atom. The van der Waals surface area contributed by atoms with Crippen LogP contribution in [0.3, 0.4) is 0 Å². The van der Waals surface area contributed by atoms with Crippen LogP contribution < -0.4 is 0 Å². The molecule has 5 nitrogen and oxygen atoms in total. The normalized spacial score (nSPS) is 10.3. The maximum absolute atomic E-state index is 12.8. The maximum Gasteiger partial charge on any atom is 0.203 e. The van der Waals surface area contributed by atoms with Crippen molar-refractivity contribution in [2.45, 2.75) is 6.92 Å². The third-order valence-corrected chi connectivity index (χ3v) is 1.78. The molecule has 0 spiro atoms. The van der Waals surface area contributed by atoms with E-state index in [4.69, 9.17) is 5.11 Å². The highest BCUT2D eigenvalue weighted by atomic mass is 19.1. The molecule has 2 rings (SSSR count). The number of nitrogens with zero attached hydrogens (tertiary/aromatic N) is 4. The van der Waals surface area contributed by atoms with Crippen molar-refractivity contribution < 1.29 is 9.50 Å². The molecule has 0 radical (unpaired) electrons. The molecule has 0 saturated carbocycles. The number of hydrogen-bond acceptors (Lipinski definition) is 5. The molecule has 0 aliphatic rings. The number of aromatic hydroxyl groups is 1. The molecule has 0 fully saturated rings. The van der Waals surface area contributed by atoms with Crippen molar-refractivity contribution >= 4 is 0 Å². The number of hydrogen-bond donors (Lipinski definition) is 1. The van der Waals surface area contributed by atoms with Crippen LogP contribution in [0, 0.1) is 12.7 Å². The lowest BCUT2D eigenvalue weighted by molar-refractivity contribution is 0.432. The van der Waals surface area contributed by atoms with Gasteiger partial charge >= 0.3 is 0 Å². The van der Waals surface area contributed by atoms with Gasteiger partial charge in [0.2, 0.25) is 5.82 Å². The number of phenols is 1. The van der Waals surface area contributed by atoms with Gasteiger partial charge in [-0.3, -0.25) is 0 Å². The van der Waals surface area contributed by atoms with E-state index in [1.54, 1.807) is 6.92 Å². The van der Waals surface area contributed by atoms with E-state index in [-0.39, 0.29) is 5.82 Å². The molecule has 0 bridgehead atoms. The molecule has 1 aromatic heterocycles. The summed E-state index contributed by atoms with van der Waals surface area (Å²) >= 11 is 0. The smallest absolute Gasteiger partial charge is 0.203 e. The Morgan fingerprint density at radius 3 is 2.40 bits per heavy atom. The van der Waals surface area contributed by atoms with Crippen LogP contribution in [0.4, 0.5) is 4.39 Å². The number of aryl methyl sites for hydroxylation is 1. The van der Waals surface area contributed by atoms with Crippen LogP contribution in [-0.4, -0.2) is 25.5 Å². The van der Waals surface area contributed by atoms with Gasteiger partial charge in [0.25, 0.3) is 0 Å². The van der Waals surface area contributed by atoms with Crippen molar-refractivity contribution in [3.05, 3.63) is 29.8 Å². The van der Waals surface area contributed by atoms with Gasteiger partial charge in [-0.2, -0.15) is 0 Å². The van der Waals surface area contributed by atoms with Gasteiger partial charge in [-0.1, -0.05) is 0 Å². The maximum atomic E-state index is 12.8. The van der Waals surface area contributed by atoms with E-state index in [1.165, 1.54) is 12.1 Å². The van der Waals surface area contributed by atoms with E-state index >= 15 is 0 Å². The van der Waals surface area contributed by atoms with Gasteiger partial charge in [-0.15, -0.1) is 20.4 Å². The highest BCUT2D eigenvalue weighted by Crippen LogP contribution is 2.21. The summed E-state index contributed by atoms with van der Waals surface area (Å²) in [4.78, 5) is 0. The lowest BCUT2D eigenvalue weighted by Crippen LogP contribution is -1.98. The molecule has 1 N–H and O–H groups in total. The third kappa shape index (κ3) is 1.88. The summed E-state index contributed by atoms with van der Waals surface area (Å²) in [6.07, 6.45) is 0. The van der Waals surface area contributed by atoms with Crippen LogP contribution >= 0.6 is 0 Å². The van der Waals surface area contributed by atoms with Crippen molar-refractivity contribution in [2.24, 2.45) is 0 Å². The monoisotopic (exact) mass is 206 g/mol. The number of phenolic OH excluding ortho intramolecular Hbond substituents is 1. The van der Waals surface area contributed by atoms with Crippen molar-refractivity contribution in [1.29, 1.82) is 0 Å². The molecule has 1 aromatic carbocycles. The fourth-order valence-corrected chi connectivity index (χ4v) is 1.05. The quantitative estimate of drug-likeness (QED) is 0.756. The first-order valence-electron chi connectivity index (χ1n) is 4.20. The second-order valence-corrected chi connectivity index (χ2v) is 2.94. The summed E-state index contributed by atoms with van der Waals surface area (Å²) in [5, 5.41) is 24.1. The Balaban J connectivity index is 2.45. The van der Waals surface area contributed by atoms with Crippen molar-refractivity contribution in [3.8, 4) is 17.1 Å². The molecule has 6 heteroatoms. The van der Waals surface area contributed by atoms with Gasteiger partial charge in [0.15, 0.2) is 17.4 Å². The standard InChI is InChI=1S/C9H7FN4O/c1-5-11-13-9(14-12-5)6-2-3-7(10)8(15)4-6/h2-4,15H,1H3. The minimum Gasteiger partial charge on any atom is -0.505 e. The van der Waals surface area contributed by atoms with Crippen LogP contribution in [0.15, 0.2) is 18.2 Å². The molecule has 15 heavy (non-hydrogen) atoms. The van der Waals surface area contributed by atoms with E-state index in [0.29, 0.717) is 11.4 Å². The number of aromatic nitrogens is 4. The zero-order valence-electron chi connectivity index (χ0n) is 7.85. The molecule has 0 aliphatic carbocycles. The van der Waals surface area contributed by atoms with Crippen LogP contribution in [0.5, 0.6) is 5.75 Å². The summed E-state index contributed by atoms with van der Waals surface area (Å²) in [6.45, 7) is 1.66. The lowest BCUT2D eigenvalue weighted by Gasteiger charge is -1.99. The minimum atomic E-state index is -0.688. The Hall–Kier alpha value is -2.11. The number of rotatable bonds is 1. The fraction of sp³-hybridized carbons (Fsp3) is 0.111. The van der Waals surface area contributed by atoms with Gasteiger partial charge in [0.05, 0.1) is 0 Å². The van der Waals surface area contributed by atoms with Crippen molar-refractivity contribution in [3.63, 3.8) is 0 Å². The van der Waals surface area contributed by atoms with Crippen molar-refractivity contribution in [2.75, 3.05) is 0 Å². The van der Waals surface area contributed by atoms with Gasteiger partial charge in [-0.05, 0) is 25.1 Å². The van der Waals surface area contributed by atoms with Gasteiger partial charge in [0.1, 0.15) is 0 Å². The highest BCUT2D eigenvalue weighted by Gasteiger charge is 2.06. The Morgan fingerprint density at radius 2 is 1.80 bits per heavy atom. The molecule has 0 unspecified atom stereocenters. The molecular weight excluding hydrogens is 199 g/mol. The predicted octanol–water partition coefficient (Wildman–Crippen LogP) is 1.09. The molecule has 1 heterocycles. The van der Waals surface area contributed by atoms with E-state index in [1.807, 2.05) is 0 Å². The second kappa shape index (κ2) is 3.56. The van der Waals surface area contributed by atoms with Crippen LogP contribution in [0.2, 0.25) is 0 Å². The second-order valence-electron chi connectivity index (χ2n) is 2.94. The largest absolute Gasteiger partial charge is 0.505 e. The van der Waals surface area contributed by atoms with Crippen LogP contribution in [-0.2, 0) is 0 Å². The summed E-state index contributed by atoms with van der Waals surface area (Å²) in [6, 6.07) is 3.81. The van der Waals surface area contributed by atoms with Gasteiger partial charge in [0, 0.05) is 5.56 Å². The molecule has 0 amide bonds. The summed E-state index contributed by atoms with van der Waals surface area (Å²) in [5.41, 5.74) is 0.467. The van der Waals surface area contributed by atoms with Gasteiger partial charge < -0.3 is 5.11 Å². The molecule has 0 saturated heterocycles. The molecule has 0 aliphatic heterocycles. The predicted molar refractivity (Wildman–Crippen MR) is 49.4 cm³/mol. The van der Waals surface area contributed by atoms with Crippen LogP contribution in [0.1, 0.15) is 5.82 Å². The van der Waals surface area contributed by atoms with Gasteiger partial charge in [-0.25, -0.2) is 4.39 Å². The fourth-order valence-electron chi connectivity index (χ4n) is 1.05. The summed E-state index contributed by atoms with van der Waals surface area (Å²) in [5.74, 6) is -0.440. The topological polar surface area (TPSA) is 71.8 Å². The Labute approximate surface area is 84.6 Å². The Bertz CT molecular complexity index is 486. The summed E-state index contributed by atoms with van der Waals surface area (Å²) < 4.78 is 12.8. The lowest BCUT2D eigenvalue weighted by atomic mass is 10.2. The average Bonchev–Trinajstić information content (AvgIpc) is 2.23. The first-order chi connectivity index (χ1) is 7.16. The highest BCUT2D eigenvalue weighted by molar-refractivity contribution is 5.56. The van der Waals surface area contributed by atoms with E-state index in [0.717, 1.165) is 6.07 Å². The SMILES string of the molecule is Cc1nnc(-c2ccc(F)c(O)c2)nn1. The molecule has 2 aromatic rings.